The number of rotatable bonds is 5. The lowest BCUT2D eigenvalue weighted by atomic mass is 10.1. The summed E-state index contributed by atoms with van der Waals surface area (Å²) in [6.45, 7) is 2.72. The van der Waals surface area contributed by atoms with Crippen molar-refractivity contribution in [1.29, 1.82) is 0 Å². The van der Waals surface area contributed by atoms with E-state index in [1.165, 1.54) is 23.2 Å². The Bertz CT molecular complexity index is 1120. The van der Waals surface area contributed by atoms with Gasteiger partial charge in [-0.15, -0.1) is 0 Å². The minimum atomic E-state index is -4.44. The van der Waals surface area contributed by atoms with Crippen molar-refractivity contribution >= 4 is 22.4 Å². The molecule has 7 nitrogen and oxygen atoms in total. The molecule has 4 rings (SSSR count). The first kappa shape index (κ1) is 21.1. The molecule has 0 amide bonds. The predicted octanol–water partition coefficient (Wildman–Crippen LogP) is 2.78. The van der Waals surface area contributed by atoms with E-state index in [1.807, 2.05) is 12.1 Å². The summed E-state index contributed by atoms with van der Waals surface area (Å²) >= 11 is 0. The van der Waals surface area contributed by atoms with E-state index in [0.717, 1.165) is 11.8 Å². The first-order valence-corrected chi connectivity index (χ1v) is 9.89. The molecule has 31 heavy (non-hydrogen) atoms. The van der Waals surface area contributed by atoms with Crippen LogP contribution >= 0.6 is 0 Å². The highest BCUT2D eigenvalue weighted by Crippen LogP contribution is 2.35. The second-order valence-corrected chi connectivity index (χ2v) is 7.28. The van der Waals surface area contributed by atoms with Crippen LogP contribution in [0.25, 0.3) is 10.9 Å². The van der Waals surface area contributed by atoms with Gasteiger partial charge in [0, 0.05) is 45.2 Å². The number of pyridine rings is 1. The van der Waals surface area contributed by atoms with E-state index in [4.69, 9.17) is 4.74 Å². The van der Waals surface area contributed by atoms with E-state index in [-0.39, 0.29) is 11.4 Å². The molecule has 10 heteroatoms. The highest BCUT2D eigenvalue weighted by molar-refractivity contribution is 5.81. The molecule has 0 unspecified atom stereocenters. The zero-order valence-electron chi connectivity index (χ0n) is 17.0. The number of alkyl halides is 3. The average Bonchev–Trinajstić information content (AvgIpc) is 2.78. The van der Waals surface area contributed by atoms with Gasteiger partial charge < -0.3 is 14.5 Å². The number of fused-ring (bicyclic) bond motifs is 1. The number of hydrogen-bond acceptors (Lipinski definition) is 6. The molecule has 0 radical (unpaired) electrons. The molecule has 164 valence electrons. The lowest BCUT2D eigenvalue weighted by Crippen LogP contribution is -2.47. The number of benzene rings is 1. The lowest BCUT2D eigenvalue weighted by Gasteiger charge is -2.37. The van der Waals surface area contributed by atoms with Gasteiger partial charge in [0.1, 0.15) is 5.82 Å². The molecular weight excluding hydrogens is 411 g/mol. The van der Waals surface area contributed by atoms with Gasteiger partial charge in [0.05, 0.1) is 35.9 Å². The van der Waals surface area contributed by atoms with Gasteiger partial charge in [-0.25, -0.2) is 9.97 Å². The van der Waals surface area contributed by atoms with Crippen molar-refractivity contribution in [3.63, 3.8) is 0 Å². The quantitative estimate of drug-likeness (QED) is 0.617. The maximum absolute atomic E-state index is 13.3. The maximum atomic E-state index is 13.3. The minimum Gasteiger partial charge on any atom is -0.383 e. The van der Waals surface area contributed by atoms with Crippen LogP contribution in [0.3, 0.4) is 0 Å². The fourth-order valence-corrected chi connectivity index (χ4v) is 3.74. The number of hydrogen-bond donors (Lipinski definition) is 0. The summed E-state index contributed by atoms with van der Waals surface area (Å²) < 4.78 is 46.4. The summed E-state index contributed by atoms with van der Waals surface area (Å²) in [5.74, 6) is -0.0357. The summed E-state index contributed by atoms with van der Waals surface area (Å²) in [4.78, 5) is 24.7. The van der Waals surface area contributed by atoms with E-state index in [1.54, 1.807) is 18.1 Å². The van der Waals surface area contributed by atoms with Gasteiger partial charge in [0.15, 0.2) is 0 Å². The van der Waals surface area contributed by atoms with Crippen molar-refractivity contribution in [1.82, 2.24) is 14.5 Å². The third-order valence-corrected chi connectivity index (χ3v) is 5.38. The SMILES string of the molecule is COCCn1cnc2cc(N3CCN(c4ncccc4C(F)(F)F)CC3)ccc2c1=O. The minimum absolute atomic E-state index is 0.0357. The molecule has 1 aliphatic heterocycles. The smallest absolute Gasteiger partial charge is 0.383 e. The molecule has 1 fully saturated rings. The van der Waals surface area contributed by atoms with Gasteiger partial charge in [-0.3, -0.25) is 9.36 Å². The largest absolute Gasteiger partial charge is 0.419 e. The van der Waals surface area contributed by atoms with E-state index in [0.29, 0.717) is 50.2 Å². The standard InChI is InChI=1S/C21H22F3N5O2/c1-31-12-11-29-14-26-18-13-15(4-5-16(18)20(29)30)27-7-9-28(10-8-27)19-17(21(22,23)24)3-2-6-25-19/h2-6,13-14H,7-12H2,1H3. The summed E-state index contributed by atoms with van der Waals surface area (Å²) in [6.07, 6.45) is -1.56. The fourth-order valence-electron chi connectivity index (χ4n) is 3.74. The number of piperazine rings is 1. The highest BCUT2D eigenvalue weighted by atomic mass is 19.4. The van der Waals surface area contributed by atoms with Crippen LogP contribution in [0.1, 0.15) is 5.56 Å². The molecular formula is C21H22F3N5O2. The zero-order valence-corrected chi connectivity index (χ0v) is 17.0. The predicted molar refractivity (Wildman–Crippen MR) is 112 cm³/mol. The van der Waals surface area contributed by atoms with Crippen LogP contribution in [0.2, 0.25) is 0 Å². The molecule has 0 bridgehead atoms. The van der Waals surface area contributed by atoms with Gasteiger partial charge in [0.2, 0.25) is 0 Å². The van der Waals surface area contributed by atoms with Crippen molar-refractivity contribution in [2.45, 2.75) is 12.7 Å². The molecule has 3 aromatic rings. The molecule has 3 heterocycles. The van der Waals surface area contributed by atoms with Crippen LogP contribution in [0.5, 0.6) is 0 Å². The van der Waals surface area contributed by atoms with Crippen LogP contribution < -0.4 is 15.4 Å². The molecule has 0 atom stereocenters. The Balaban J connectivity index is 1.51. The first-order chi connectivity index (χ1) is 14.9. The molecule has 0 N–H and O–H groups in total. The zero-order chi connectivity index (χ0) is 22.0. The second-order valence-electron chi connectivity index (χ2n) is 7.28. The number of halogens is 3. The van der Waals surface area contributed by atoms with Crippen LogP contribution in [0.4, 0.5) is 24.7 Å². The topological polar surface area (TPSA) is 63.5 Å². The summed E-state index contributed by atoms with van der Waals surface area (Å²) in [5, 5.41) is 0.518. The van der Waals surface area contributed by atoms with Crippen LogP contribution in [-0.2, 0) is 17.5 Å². The average molecular weight is 433 g/mol. The Hall–Kier alpha value is -3.14. The van der Waals surface area contributed by atoms with Gasteiger partial charge in [-0.2, -0.15) is 13.2 Å². The molecule has 0 spiro atoms. The van der Waals surface area contributed by atoms with Crippen molar-refractivity contribution < 1.29 is 17.9 Å². The Morgan fingerprint density at radius 2 is 1.81 bits per heavy atom. The first-order valence-electron chi connectivity index (χ1n) is 9.89. The van der Waals surface area contributed by atoms with Crippen molar-refractivity contribution in [3.8, 4) is 0 Å². The Labute approximate surface area is 176 Å². The monoisotopic (exact) mass is 433 g/mol. The fraction of sp³-hybridized carbons (Fsp3) is 0.381. The number of aromatic nitrogens is 3. The normalized spacial score (nSPS) is 15.0. The summed E-state index contributed by atoms with van der Waals surface area (Å²) in [5.41, 5.74) is 0.616. The molecule has 1 saturated heterocycles. The van der Waals surface area contributed by atoms with Gasteiger partial charge in [0.25, 0.3) is 5.56 Å². The molecule has 1 aliphatic rings. The van der Waals surface area contributed by atoms with Crippen LogP contribution in [0.15, 0.2) is 47.7 Å². The van der Waals surface area contributed by atoms with Crippen molar-refractivity contribution in [2.24, 2.45) is 0 Å². The number of nitrogens with zero attached hydrogens (tertiary/aromatic N) is 5. The Morgan fingerprint density at radius 3 is 2.52 bits per heavy atom. The van der Waals surface area contributed by atoms with Gasteiger partial charge >= 0.3 is 6.18 Å². The molecule has 1 aromatic carbocycles. The van der Waals surface area contributed by atoms with Crippen LogP contribution in [-0.4, -0.2) is 54.4 Å². The number of anilines is 2. The third-order valence-electron chi connectivity index (χ3n) is 5.38. The lowest BCUT2D eigenvalue weighted by molar-refractivity contribution is -0.137. The van der Waals surface area contributed by atoms with E-state index >= 15 is 0 Å². The van der Waals surface area contributed by atoms with E-state index < -0.39 is 11.7 Å². The van der Waals surface area contributed by atoms with Gasteiger partial charge in [-0.1, -0.05) is 0 Å². The Morgan fingerprint density at radius 1 is 1.06 bits per heavy atom. The highest BCUT2D eigenvalue weighted by Gasteiger charge is 2.36. The summed E-state index contributed by atoms with van der Waals surface area (Å²) in [6, 6.07) is 7.80. The van der Waals surface area contributed by atoms with E-state index in [9.17, 15) is 18.0 Å². The van der Waals surface area contributed by atoms with Crippen LogP contribution in [0, 0.1) is 0 Å². The third kappa shape index (κ3) is 4.34. The van der Waals surface area contributed by atoms with E-state index in [2.05, 4.69) is 14.9 Å². The Kier molecular flexibility index (Phi) is 5.81. The summed E-state index contributed by atoms with van der Waals surface area (Å²) in [7, 11) is 1.57. The van der Waals surface area contributed by atoms with Crippen molar-refractivity contribution in [3.05, 3.63) is 58.8 Å². The molecule has 0 saturated carbocycles. The molecule has 2 aromatic heterocycles. The second kappa shape index (κ2) is 8.54. The maximum Gasteiger partial charge on any atom is 0.419 e. The number of methoxy groups -OCH3 is 1. The van der Waals surface area contributed by atoms with Crippen molar-refractivity contribution in [2.75, 3.05) is 49.7 Å². The van der Waals surface area contributed by atoms with Gasteiger partial charge in [-0.05, 0) is 30.3 Å². The number of ether oxygens (including phenoxy) is 1. The molecule has 0 aliphatic carbocycles.